The van der Waals surface area contributed by atoms with Gasteiger partial charge in [-0.05, 0) is 41.0 Å². The van der Waals surface area contributed by atoms with Gasteiger partial charge in [-0.2, -0.15) is 0 Å². The van der Waals surface area contributed by atoms with Crippen molar-refractivity contribution in [1.82, 2.24) is 20.2 Å². The topological polar surface area (TPSA) is 63.5 Å². The minimum atomic E-state index is 0. The fourth-order valence-electron chi connectivity index (χ4n) is 3.43. The molecule has 1 aromatic heterocycles. The second kappa shape index (κ2) is 11.5. The predicted octanol–water partition coefficient (Wildman–Crippen LogP) is 4.58. The molecule has 0 radical (unpaired) electrons. The van der Waals surface area contributed by atoms with Gasteiger partial charge in [0.05, 0.1) is 24.5 Å². The number of imidazole rings is 1. The Bertz CT molecular complexity index is 1150. The summed E-state index contributed by atoms with van der Waals surface area (Å²) in [7, 11) is 3.45. The number of para-hydroxylation sites is 2. The Morgan fingerprint density at radius 1 is 0.875 bits per heavy atom. The number of guanidine groups is 1. The lowest BCUT2D eigenvalue weighted by Crippen LogP contribution is -2.36. The monoisotopic (exact) mass is 541 g/mol. The number of rotatable bonds is 7. The van der Waals surface area contributed by atoms with Gasteiger partial charge in [0.15, 0.2) is 5.96 Å². The number of benzene rings is 3. The van der Waals surface area contributed by atoms with Crippen LogP contribution in [0, 0.1) is 0 Å². The molecule has 0 aliphatic heterocycles. The highest BCUT2D eigenvalue weighted by atomic mass is 127. The van der Waals surface area contributed by atoms with Crippen molar-refractivity contribution in [2.75, 3.05) is 14.2 Å². The highest BCUT2D eigenvalue weighted by molar-refractivity contribution is 14.0. The number of ether oxygens (including phenoxy) is 1. The van der Waals surface area contributed by atoms with E-state index in [9.17, 15) is 0 Å². The summed E-state index contributed by atoms with van der Waals surface area (Å²) in [4.78, 5) is 8.77. The summed E-state index contributed by atoms with van der Waals surface area (Å²) in [5, 5.41) is 6.71. The first-order chi connectivity index (χ1) is 15.2. The Morgan fingerprint density at radius 2 is 1.47 bits per heavy atom. The van der Waals surface area contributed by atoms with E-state index < -0.39 is 0 Å². The van der Waals surface area contributed by atoms with Gasteiger partial charge >= 0.3 is 0 Å². The summed E-state index contributed by atoms with van der Waals surface area (Å²) in [6.07, 6.45) is 1.90. The van der Waals surface area contributed by atoms with Crippen molar-refractivity contribution in [2.45, 2.75) is 19.6 Å². The number of nitrogens with zero attached hydrogens (tertiary/aromatic N) is 3. The average molecular weight is 541 g/mol. The molecule has 0 aliphatic carbocycles. The molecule has 4 aromatic rings. The summed E-state index contributed by atoms with van der Waals surface area (Å²) in [5.41, 5.74) is 5.79. The SMILES string of the molecule is CN=C(NCc1ccc(Cn2cnc3ccccc32)cc1)NCc1ccc(OC)cc1.I. The van der Waals surface area contributed by atoms with E-state index in [1.165, 1.54) is 16.7 Å². The van der Waals surface area contributed by atoms with Crippen molar-refractivity contribution in [1.29, 1.82) is 0 Å². The lowest BCUT2D eigenvalue weighted by atomic mass is 10.1. The summed E-state index contributed by atoms with van der Waals surface area (Å²) in [6.45, 7) is 2.21. The van der Waals surface area contributed by atoms with Gasteiger partial charge in [-0.3, -0.25) is 4.99 Å². The second-order valence-electron chi connectivity index (χ2n) is 7.31. The molecule has 0 bridgehead atoms. The zero-order chi connectivity index (χ0) is 21.5. The van der Waals surface area contributed by atoms with E-state index in [1.54, 1.807) is 14.2 Å². The van der Waals surface area contributed by atoms with Crippen molar-refractivity contribution in [3.8, 4) is 5.75 Å². The van der Waals surface area contributed by atoms with Gasteiger partial charge in [0.1, 0.15) is 5.75 Å². The molecule has 3 aromatic carbocycles. The normalized spacial score (nSPS) is 11.1. The number of methoxy groups -OCH3 is 1. The molecular formula is C25H28IN5O. The Balaban J connectivity index is 0.00000289. The minimum Gasteiger partial charge on any atom is -0.497 e. The zero-order valence-electron chi connectivity index (χ0n) is 18.3. The highest BCUT2D eigenvalue weighted by Crippen LogP contribution is 2.15. The van der Waals surface area contributed by atoms with Crippen LogP contribution >= 0.6 is 24.0 Å². The Morgan fingerprint density at radius 3 is 2.09 bits per heavy atom. The smallest absolute Gasteiger partial charge is 0.191 e. The maximum absolute atomic E-state index is 5.20. The van der Waals surface area contributed by atoms with E-state index in [1.807, 2.05) is 48.8 Å². The molecule has 2 N–H and O–H groups in total. The van der Waals surface area contributed by atoms with E-state index >= 15 is 0 Å². The van der Waals surface area contributed by atoms with E-state index in [4.69, 9.17) is 4.74 Å². The third-order valence-electron chi connectivity index (χ3n) is 5.21. The molecule has 166 valence electrons. The Kier molecular flexibility index (Phi) is 8.49. The summed E-state index contributed by atoms with van der Waals surface area (Å²) >= 11 is 0. The molecule has 0 spiro atoms. The van der Waals surface area contributed by atoms with Crippen LogP contribution in [-0.2, 0) is 19.6 Å². The van der Waals surface area contributed by atoms with Crippen molar-refractivity contribution in [3.05, 3.63) is 95.8 Å². The maximum Gasteiger partial charge on any atom is 0.191 e. The van der Waals surface area contributed by atoms with E-state index in [2.05, 4.69) is 55.5 Å². The van der Waals surface area contributed by atoms with Crippen LogP contribution in [0.3, 0.4) is 0 Å². The third-order valence-corrected chi connectivity index (χ3v) is 5.21. The number of aliphatic imine (C=N–C) groups is 1. The van der Waals surface area contributed by atoms with E-state index in [-0.39, 0.29) is 24.0 Å². The minimum absolute atomic E-state index is 0. The third kappa shape index (κ3) is 6.00. The molecule has 0 aliphatic rings. The first-order valence-electron chi connectivity index (χ1n) is 10.3. The molecule has 1 heterocycles. The molecule has 0 amide bonds. The molecule has 6 nitrogen and oxygen atoms in total. The summed E-state index contributed by atoms with van der Waals surface area (Å²) in [5.74, 6) is 1.63. The molecule has 0 saturated carbocycles. The Labute approximate surface area is 205 Å². The molecule has 0 atom stereocenters. The van der Waals surface area contributed by atoms with Crippen LogP contribution in [0.4, 0.5) is 0 Å². The second-order valence-corrected chi connectivity index (χ2v) is 7.31. The van der Waals surface area contributed by atoms with Gasteiger partial charge in [-0.1, -0.05) is 48.5 Å². The van der Waals surface area contributed by atoms with Crippen molar-refractivity contribution in [2.24, 2.45) is 4.99 Å². The number of hydrogen-bond donors (Lipinski definition) is 2. The summed E-state index contributed by atoms with van der Waals surface area (Å²) in [6, 6.07) is 24.8. The molecule has 4 rings (SSSR count). The molecule has 0 fully saturated rings. The summed E-state index contributed by atoms with van der Waals surface area (Å²) < 4.78 is 7.37. The molecule has 0 saturated heterocycles. The lowest BCUT2D eigenvalue weighted by molar-refractivity contribution is 0.414. The fraction of sp³-hybridized carbons (Fsp3) is 0.200. The molecule has 32 heavy (non-hydrogen) atoms. The van der Waals surface area contributed by atoms with E-state index in [0.717, 1.165) is 29.3 Å². The lowest BCUT2D eigenvalue weighted by Gasteiger charge is -2.13. The fourth-order valence-corrected chi connectivity index (χ4v) is 3.43. The zero-order valence-corrected chi connectivity index (χ0v) is 20.6. The van der Waals surface area contributed by atoms with Gasteiger partial charge in [0.25, 0.3) is 0 Å². The van der Waals surface area contributed by atoms with Crippen LogP contribution in [-0.4, -0.2) is 29.7 Å². The van der Waals surface area contributed by atoms with Crippen LogP contribution in [0.25, 0.3) is 11.0 Å². The maximum atomic E-state index is 5.20. The van der Waals surface area contributed by atoms with Gasteiger partial charge in [0.2, 0.25) is 0 Å². The first kappa shape index (κ1) is 23.6. The van der Waals surface area contributed by atoms with Crippen LogP contribution in [0.5, 0.6) is 5.75 Å². The molecule has 7 heteroatoms. The van der Waals surface area contributed by atoms with Gasteiger partial charge < -0.3 is 19.9 Å². The number of nitrogens with one attached hydrogen (secondary N) is 2. The van der Waals surface area contributed by atoms with Gasteiger partial charge in [-0.15, -0.1) is 24.0 Å². The predicted molar refractivity (Wildman–Crippen MR) is 141 cm³/mol. The van der Waals surface area contributed by atoms with Crippen molar-refractivity contribution >= 4 is 41.0 Å². The van der Waals surface area contributed by atoms with Gasteiger partial charge in [0, 0.05) is 26.7 Å². The standard InChI is InChI=1S/C25H27N5O.HI/c1-26-25(28-16-20-11-13-22(31-2)14-12-20)27-15-19-7-9-21(10-8-19)17-30-18-29-23-5-3-4-6-24(23)30;/h3-14,18H,15-17H2,1-2H3,(H2,26,27,28);1H. The van der Waals surface area contributed by atoms with Crippen LogP contribution < -0.4 is 15.4 Å². The van der Waals surface area contributed by atoms with Crippen LogP contribution in [0.15, 0.2) is 84.1 Å². The largest absolute Gasteiger partial charge is 0.497 e. The van der Waals surface area contributed by atoms with Crippen molar-refractivity contribution < 1.29 is 4.74 Å². The average Bonchev–Trinajstić information content (AvgIpc) is 3.23. The quantitative estimate of drug-likeness (QED) is 0.204. The van der Waals surface area contributed by atoms with Gasteiger partial charge in [-0.25, -0.2) is 4.98 Å². The highest BCUT2D eigenvalue weighted by Gasteiger charge is 2.04. The molecular weight excluding hydrogens is 513 g/mol. The molecule has 0 unspecified atom stereocenters. The number of fused-ring (bicyclic) bond motifs is 1. The number of hydrogen-bond acceptors (Lipinski definition) is 3. The van der Waals surface area contributed by atoms with Crippen LogP contribution in [0.1, 0.15) is 16.7 Å². The number of aromatic nitrogens is 2. The number of halogens is 1. The Hall–Kier alpha value is -3.07. The van der Waals surface area contributed by atoms with E-state index in [0.29, 0.717) is 13.1 Å². The van der Waals surface area contributed by atoms with Crippen molar-refractivity contribution in [3.63, 3.8) is 0 Å². The first-order valence-corrected chi connectivity index (χ1v) is 10.3. The van der Waals surface area contributed by atoms with Crippen LogP contribution in [0.2, 0.25) is 0 Å².